The molecule has 0 saturated carbocycles. The molecule has 0 aromatic heterocycles. The standard InChI is InChI=1S/C10H20N2O6/c1-18-7-5-12(4-6-13)10(17)11-3-2-8(14)9(15)16/h8,13-14H,2-7H2,1H3,(H,11,17)(H,15,16). The quantitative estimate of drug-likeness (QED) is 0.401. The summed E-state index contributed by atoms with van der Waals surface area (Å²) < 4.78 is 4.82. The van der Waals surface area contributed by atoms with Crippen molar-refractivity contribution in [3.8, 4) is 0 Å². The number of methoxy groups -OCH3 is 1. The van der Waals surface area contributed by atoms with E-state index in [1.165, 1.54) is 12.0 Å². The highest BCUT2D eigenvalue weighted by Gasteiger charge is 2.15. The van der Waals surface area contributed by atoms with Crippen LogP contribution in [0.4, 0.5) is 4.79 Å². The number of carboxylic acid groups (broad SMARTS) is 1. The van der Waals surface area contributed by atoms with Gasteiger partial charge >= 0.3 is 12.0 Å². The van der Waals surface area contributed by atoms with Gasteiger partial charge in [-0.15, -0.1) is 0 Å². The molecule has 1 unspecified atom stereocenters. The van der Waals surface area contributed by atoms with Gasteiger partial charge in [0.15, 0.2) is 6.10 Å². The number of aliphatic carboxylic acids is 1. The lowest BCUT2D eigenvalue weighted by Gasteiger charge is -2.21. The predicted octanol–water partition coefficient (Wildman–Crippen LogP) is -1.53. The number of amides is 2. The Bertz CT molecular complexity index is 261. The highest BCUT2D eigenvalue weighted by molar-refractivity contribution is 5.74. The van der Waals surface area contributed by atoms with Gasteiger partial charge in [0, 0.05) is 33.2 Å². The molecule has 2 amide bonds. The number of nitrogens with one attached hydrogen (secondary N) is 1. The second kappa shape index (κ2) is 9.63. The third-order valence-electron chi connectivity index (χ3n) is 2.20. The van der Waals surface area contributed by atoms with Gasteiger partial charge in [-0.2, -0.15) is 0 Å². The first-order valence-corrected chi connectivity index (χ1v) is 5.56. The van der Waals surface area contributed by atoms with E-state index in [4.69, 9.17) is 20.1 Å². The minimum absolute atomic E-state index is 0.0429. The lowest BCUT2D eigenvalue weighted by atomic mass is 10.2. The van der Waals surface area contributed by atoms with Gasteiger partial charge in [0.25, 0.3) is 0 Å². The van der Waals surface area contributed by atoms with Crippen molar-refractivity contribution in [2.75, 3.05) is 40.0 Å². The molecule has 8 heteroatoms. The molecule has 0 bridgehead atoms. The largest absolute Gasteiger partial charge is 0.479 e. The van der Waals surface area contributed by atoms with E-state index >= 15 is 0 Å². The van der Waals surface area contributed by atoms with Crippen molar-refractivity contribution in [1.29, 1.82) is 0 Å². The van der Waals surface area contributed by atoms with Crippen LogP contribution in [0.1, 0.15) is 6.42 Å². The molecule has 18 heavy (non-hydrogen) atoms. The Morgan fingerprint density at radius 2 is 2.06 bits per heavy atom. The minimum atomic E-state index is -1.49. The summed E-state index contributed by atoms with van der Waals surface area (Å²) in [4.78, 5) is 23.3. The van der Waals surface area contributed by atoms with Crippen LogP contribution in [0.15, 0.2) is 0 Å². The van der Waals surface area contributed by atoms with Gasteiger partial charge in [-0.1, -0.05) is 0 Å². The molecule has 0 spiro atoms. The van der Waals surface area contributed by atoms with Gasteiger partial charge in [0.1, 0.15) is 0 Å². The molecule has 0 fully saturated rings. The van der Waals surface area contributed by atoms with Crippen LogP contribution in [-0.2, 0) is 9.53 Å². The zero-order chi connectivity index (χ0) is 14.0. The maximum Gasteiger partial charge on any atom is 0.332 e. The lowest BCUT2D eigenvalue weighted by molar-refractivity contribution is -0.146. The van der Waals surface area contributed by atoms with Gasteiger partial charge in [-0.05, 0) is 0 Å². The summed E-state index contributed by atoms with van der Waals surface area (Å²) in [6, 6.07) is -0.432. The molecule has 0 aromatic carbocycles. The molecule has 4 N–H and O–H groups in total. The number of hydrogen-bond donors (Lipinski definition) is 4. The normalized spacial score (nSPS) is 11.9. The van der Waals surface area contributed by atoms with Crippen LogP contribution in [0.2, 0.25) is 0 Å². The Kier molecular flexibility index (Phi) is 8.89. The summed E-state index contributed by atoms with van der Waals surface area (Å²) in [5, 5.41) is 28.7. The second-order valence-corrected chi connectivity index (χ2v) is 3.58. The first kappa shape index (κ1) is 16.6. The maximum absolute atomic E-state index is 11.6. The fourth-order valence-corrected chi connectivity index (χ4v) is 1.19. The van der Waals surface area contributed by atoms with E-state index in [2.05, 4.69) is 5.32 Å². The van der Waals surface area contributed by atoms with Gasteiger partial charge in [0.05, 0.1) is 13.2 Å². The third kappa shape index (κ3) is 7.05. The summed E-state index contributed by atoms with van der Waals surface area (Å²) in [5.74, 6) is -1.32. The molecule has 0 aliphatic rings. The van der Waals surface area contributed by atoms with Crippen LogP contribution in [0.25, 0.3) is 0 Å². The van der Waals surface area contributed by atoms with E-state index in [1.54, 1.807) is 0 Å². The third-order valence-corrected chi connectivity index (χ3v) is 2.20. The van der Waals surface area contributed by atoms with E-state index in [0.29, 0.717) is 13.2 Å². The molecule has 0 heterocycles. The minimum Gasteiger partial charge on any atom is -0.479 e. The summed E-state index contributed by atoms with van der Waals surface area (Å²) in [6.07, 6.45) is -1.56. The van der Waals surface area contributed by atoms with Crippen LogP contribution < -0.4 is 5.32 Å². The fraction of sp³-hybridized carbons (Fsp3) is 0.800. The van der Waals surface area contributed by atoms with Crippen molar-refractivity contribution in [3.63, 3.8) is 0 Å². The Labute approximate surface area is 105 Å². The van der Waals surface area contributed by atoms with E-state index in [1.807, 2.05) is 0 Å². The smallest absolute Gasteiger partial charge is 0.332 e. The summed E-state index contributed by atoms with van der Waals surface area (Å²) >= 11 is 0. The Hall–Kier alpha value is -1.38. The van der Waals surface area contributed by atoms with Crippen molar-refractivity contribution in [3.05, 3.63) is 0 Å². The van der Waals surface area contributed by atoms with Crippen LogP contribution in [0.3, 0.4) is 0 Å². The average Bonchev–Trinajstić information content (AvgIpc) is 2.33. The fourth-order valence-electron chi connectivity index (χ4n) is 1.19. The number of aliphatic hydroxyl groups is 2. The second-order valence-electron chi connectivity index (χ2n) is 3.58. The van der Waals surface area contributed by atoms with Crippen molar-refractivity contribution in [2.24, 2.45) is 0 Å². The Morgan fingerprint density at radius 3 is 2.56 bits per heavy atom. The number of hydrogen-bond acceptors (Lipinski definition) is 5. The summed E-state index contributed by atoms with van der Waals surface area (Å²) in [6.45, 7) is 0.697. The molecular weight excluding hydrogens is 244 g/mol. The lowest BCUT2D eigenvalue weighted by Crippen LogP contribution is -2.44. The van der Waals surface area contributed by atoms with Gasteiger partial charge in [0.2, 0.25) is 0 Å². The zero-order valence-electron chi connectivity index (χ0n) is 10.3. The molecule has 106 valence electrons. The zero-order valence-corrected chi connectivity index (χ0v) is 10.3. The van der Waals surface area contributed by atoms with Crippen molar-refractivity contribution in [2.45, 2.75) is 12.5 Å². The van der Waals surface area contributed by atoms with Crippen molar-refractivity contribution < 1.29 is 29.6 Å². The maximum atomic E-state index is 11.6. The molecular formula is C10H20N2O6. The predicted molar refractivity (Wildman–Crippen MR) is 62.2 cm³/mol. The Balaban J connectivity index is 3.97. The summed E-state index contributed by atoms with van der Waals surface area (Å²) in [5.41, 5.74) is 0. The number of ether oxygens (including phenoxy) is 1. The topological polar surface area (TPSA) is 119 Å². The SMILES string of the molecule is COCCN(CCO)C(=O)NCCC(O)C(=O)O. The summed E-state index contributed by atoms with van der Waals surface area (Å²) in [7, 11) is 1.50. The van der Waals surface area contributed by atoms with Crippen LogP contribution >= 0.6 is 0 Å². The van der Waals surface area contributed by atoms with E-state index in [0.717, 1.165) is 0 Å². The monoisotopic (exact) mass is 264 g/mol. The molecule has 1 atom stereocenters. The van der Waals surface area contributed by atoms with Crippen LogP contribution in [0, 0.1) is 0 Å². The van der Waals surface area contributed by atoms with E-state index < -0.39 is 18.1 Å². The highest BCUT2D eigenvalue weighted by Crippen LogP contribution is 1.93. The highest BCUT2D eigenvalue weighted by atomic mass is 16.5. The van der Waals surface area contributed by atoms with Crippen molar-refractivity contribution in [1.82, 2.24) is 10.2 Å². The van der Waals surface area contributed by atoms with E-state index in [-0.39, 0.29) is 26.1 Å². The average molecular weight is 264 g/mol. The van der Waals surface area contributed by atoms with Gasteiger partial charge in [-0.25, -0.2) is 9.59 Å². The first-order chi connectivity index (χ1) is 8.52. The molecule has 0 aliphatic heterocycles. The number of aliphatic hydroxyl groups excluding tert-OH is 2. The number of carbonyl (C=O) groups excluding carboxylic acids is 1. The molecule has 0 aromatic rings. The number of carboxylic acids is 1. The van der Waals surface area contributed by atoms with E-state index in [9.17, 15) is 9.59 Å². The van der Waals surface area contributed by atoms with Crippen LogP contribution in [0.5, 0.6) is 0 Å². The van der Waals surface area contributed by atoms with Gasteiger partial charge < -0.3 is 30.3 Å². The molecule has 8 nitrogen and oxygen atoms in total. The van der Waals surface area contributed by atoms with Crippen LogP contribution in [-0.4, -0.2) is 78.3 Å². The molecule has 0 saturated heterocycles. The number of carbonyl (C=O) groups is 2. The molecule has 0 rings (SSSR count). The first-order valence-electron chi connectivity index (χ1n) is 5.56. The number of urea groups is 1. The van der Waals surface area contributed by atoms with Gasteiger partial charge in [-0.3, -0.25) is 0 Å². The molecule has 0 aliphatic carbocycles. The van der Waals surface area contributed by atoms with Crippen molar-refractivity contribution >= 4 is 12.0 Å². The number of nitrogens with zero attached hydrogens (tertiary/aromatic N) is 1. The number of rotatable bonds is 9. The molecule has 0 radical (unpaired) electrons. The Morgan fingerprint density at radius 1 is 1.39 bits per heavy atom.